The molecule has 1 N–H and O–H groups in total. The Labute approximate surface area is 158 Å². The van der Waals surface area contributed by atoms with Gasteiger partial charge in [-0.3, -0.25) is 4.72 Å². The maximum absolute atomic E-state index is 13.0. The van der Waals surface area contributed by atoms with Crippen molar-refractivity contribution in [2.45, 2.75) is 36.5 Å². The predicted molar refractivity (Wildman–Crippen MR) is 101 cm³/mol. The van der Waals surface area contributed by atoms with E-state index in [0.29, 0.717) is 24.7 Å². The van der Waals surface area contributed by atoms with Crippen LogP contribution in [-0.4, -0.2) is 39.2 Å². The molecule has 3 rings (SSSR count). The minimum Gasteiger partial charge on any atom is -0.255 e. The van der Waals surface area contributed by atoms with E-state index < -0.39 is 20.0 Å². The summed E-state index contributed by atoms with van der Waals surface area (Å²) >= 11 is 1.15. The van der Waals surface area contributed by atoms with Gasteiger partial charge in [-0.05, 0) is 37.8 Å². The minimum atomic E-state index is -4.07. The van der Waals surface area contributed by atoms with Gasteiger partial charge >= 0.3 is 0 Å². The summed E-state index contributed by atoms with van der Waals surface area (Å²) in [7, 11) is -7.96. The lowest BCUT2D eigenvalue weighted by Crippen LogP contribution is -2.38. The van der Waals surface area contributed by atoms with Crippen LogP contribution < -0.4 is 4.72 Å². The highest BCUT2D eigenvalue weighted by Crippen LogP contribution is 2.29. The fourth-order valence-electron chi connectivity index (χ4n) is 2.82. The number of hydrogen-bond donors (Lipinski definition) is 1. The quantitative estimate of drug-likeness (QED) is 0.810. The van der Waals surface area contributed by atoms with Crippen LogP contribution >= 0.6 is 11.3 Å². The number of aromatic nitrogens is 1. The van der Waals surface area contributed by atoms with Gasteiger partial charge in [0.05, 0.1) is 5.69 Å². The van der Waals surface area contributed by atoms with Crippen molar-refractivity contribution in [3.05, 3.63) is 35.3 Å². The van der Waals surface area contributed by atoms with E-state index in [1.807, 2.05) is 0 Å². The average molecular weight is 416 g/mol. The van der Waals surface area contributed by atoms with E-state index in [4.69, 9.17) is 0 Å². The van der Waals surface area contributed by atoms with Gasteiger partial charge in [0.25, 0.3) is 10.0 Å². The highest BCUT2D eigenvalue weighted by molar-refractivity contribution is 7.94. The topological polar surface area (TPSA) is 96.4 Å². The summed E-state index contributed by atoms with van der Waals surface area (Å²) in [5.41, 5.74) is 0.691. The number of nitrogens with zero attached hydrogens (tertiary/aromatic N) is 2. The van der Waals surface area contributed by atoms with Crippen LogP contribution in [0.4, 0.5) is 5.13 Å². The molecule has 1 aliphatic heterocycles. The van der Waals surface area contributed by atoms with Gasteiger partial charge in [0, 0.05) is 18.5 Å². The van der Waals surface area contributed by atoms with Crippen LogP contribution in [0.5, 0.6) is 0 Å². The van der Waals surface area contributed by atoms with E-state index in [-0.39, 0.29) is 14.9 Å². The highest BCUT2D eigenvalue weighted by atomic mass is 32.2. The van der Waals surface area contributed by atoms with E-state index >= 15 is 0 Å². The summed E-state index contributed by atoms with van der Waals surface area (Å²) in [4.78, 5) is 3.62. The van der Waals surface area contributed by atoms with E-state index in [1.54, 1.807) is 12.3 Å². The van der Waals surface area contributed by atoms with Crippen molar-refractivity contribution >= 4 is 36.5 Å². The molecule has 142 valence electrons. The van der Waals surface area contributed by atoms with Crippen LogP contribution in [0.25, 0.3) is 0 Å². The van der Waals surface area contributed by atoms with Gasteiger partial charge in [-0.1, -0.05) is 19.1 Å². The molecule has 1 saturated heterocycles. The first-order valence-electron chi connectivity index (χ1n) is 8.24. The third-order valence-electron chi connectivity index (χ3n) is 4.34. The summed E-state index contributed by atoms with van der Waals surface area (Å²) in [5.74, 6) is 0.468. The third-order valence-corrected chi connectivity index (χ3v) is 8.83. The summed E-state index contributed by atoms with van der Waals surface area (Å²) in [6.45, 7) is 4.64. The first-order valence-corrected chi connectivity index (χ1v) is 12.0. The van der Waals surface area contributed by atoms with Crippen molar-refractivity contribution in [2.75, 3.05) is 17.8 Å². The fraction of sp³-hybridized carbons (Fsp3) is 0.438. The molecular weight excluding hydrogens is 394 g/mol. The Hall–Kier alpha value is -1.49. The number of piperidine rings is 1. The number of nitrogens with one attached hydrogen (secondary N) is 1. The molecule has 7 nitrogen and oxygen atoms in total. The fourth-order valence-corrected chi connectivity index (χ4v) is 7.04. The Bertz CT molecular complexity index is 991. The molecule has 2 heterocycles. The molecule has 10 heteroatoms. The van der Waals surface area contributed by atoms with E-state index in [0.717, 1.165) is 24.2 Å². The molecule has 0 bridgehead atoms. The van der Waals surface area contributed by atoms with Crippen molar-refractivity contribution in [3.8, 4) is 0 Å². The lowest BCUT2D eigenvalue weighted by atomic mass is 10.0. The Balaban J connectivity index is 1.97. The Morgan fingerprint density at radius 2 is 1.73 bits per heavy atom. The van der Waals surface area contributed by atoms with Gasteiger partial charge in [-0.25, -0.2) is 21.8 Å². The van der Waals surface area contributed by atoms with Crippen molar-refractivity contribution in [2.24, 2.45) is 5.92 Å². The second kappa shape index (κ2) is 7.26. The molecule has 2 aromatic rings. The maximum Gasteiger partial charge on any atom is 0.265 e. The van der Waals surface area contributed by atoms with Crippen LogP contribution in [0.1, 0.15) is 25.5 Å². The minimum absolute atomic E-state index is 0.199. The summed E-state index contributed by atoms with van der Waals surface area (Å²) in [6, 6.07) is 5.70. The monoisotopic (exact) mass is 415 g/mol. The van der Waals surface area contributed by atoms with Crippen LogP contribution in [-0.2, 0) is 20.0 Å². The van der Waals surface area contributed by atoms with E-state index in [2.05, 4.69) is 16.6 Å². The molecule has 1 fully saturated rings. The molecule has 1 aromatic carbocycles. The first kappa shape index (κ1) is 19.3. The summed E-state index contributed by atoms with van der Waals surface area (Å²) in [5, 5.41) is 1.93. The Kier molecular flexibility index (Phi) is 5.38. The van der Waals surface area contributed by atoms with Crippen molar-refractivity contribution in [1.29, 1.82) is 0 Å². The predicted octanol–water partition coefficient (Wildman–Crippen LogP) is 2.67. The number of sulfonamides is 2. The van der Waals surface area contributed by atoms with E-state index in [9.17, 15) is 16.8 Å². The van der Waals surface area contributed by atoms with Crippen LogP contribution in [0.3, 0.4) is 0 Å². The third kappa shape index (κ3) is 3.93. The number of rotatable bonds is 5. The van der Waals surface area contributed by atoms with Crippen molar-refractivity contribution in [3.63, 3.8) is 0 Å². The SMILES string of the molecule is Cc1csc(NS(=O)(=O)c2ccccc2S(=O)(=O)N2CCC(C)CC2)n1. The van der Waals surface area contributed by atoms with Gasteiger partial charge in [0.15, 0.2) is 5.13 Å². The smallest absolute Gasteiger partial charge is 0.255 e. The highest BCUT2D eigenvalue weighted by Gasteiger charge is 2.33. The number of benzene rings is 1. The van der Waals surface area contributed by atoms with E-state index in [1.165, 1.54) is 28.6 Å². The molecule has 0 radical (unpaired) electrons. The summed E-state index contributed by atoms with van der Waals surface area (Å²) < 4.78 is 55.4. The van der Waals surface area contributed by atoms with Crippen LogP contribution in [0.15, 0.2) is 39.4 Å². The molecular formula is C16H21N3O4S3. The van der Waals surface area contributed by atoms with Crippen LogP contribution in [0, 0.1) is 12.8 Å². The average Bonchev–Trinajstić information content (AvgIpc) is 2.99. The Morgan fingerprint density at radius 3 is 2.31 bits per heavy atom. The molecule has 0 spiro atoms. The lowest BCUT2D eigenvalue weighted by molar-refractivity contribution is 0.287. The zero-order chi connectivity index (χ0) is 18.9. The molecule has 0 atom stereocenters. The molecule has 0 amide bonds. The van der Waals surface area contributed by atoms with Gasteiger partial charge in [-0.15, -0.1) is 11.3 Å². The molecule has 26 heavy (non-hydrogen) atoms. The lowest BCUT2D eigenvalue weighted by Gasteiger charge is -2.29. The van der Waals surface area contributed by atoms with Crippen LogP contribution in [0.2, 0.25) is 0 Å². The number of aryl methyl sites for hydroxylation is 1. The Morgan fingerprint density at radius 1 is 1.12 bits per heavy atom. The van der Waals surface area contributed by atoms with Gasteiger partial charge in [0.1, 0.15) is 9.79 Å². The molecule has 0 aliphatic carbocycles. The zero-order valence-electron chi connectivity index (χ0n) is 14.5. The first-order chi connectivity index (χ1) is 12.2. The second-order valence-electron chi connectivity index (χ2n) is 6.43. The van der Waals surface area contributed by atoms with Crippen molar-refractivity contribution < 1.29 is 16.8 Å². The van der Waals surface area contributed by atoms with Crippen molar-refractivity contribution in [1.82, 2.24) is 9.29 Å². The zero-order valence-corrected chi connectivity index (χ0v) is 17.0. The van der Waals surface area contributed by atoms with Gasteiger partial charge < -0.3 is 0 Å². The van der Waals surface area contributed by atoms with Gasteiger partial charge in [-0.2, -0.15) is 4.31 Å². The largest absolute Gasteiger partial charge is 0.265 e. The second-order valence-corrected chi connectivity index (χ2v) is 10.8. The number of hydrogen-bond acceptors (Lipinski definition) is 6. The molecule has 1 aliphatic rings. The maximum atomic E-state index is 13.0. The standard InChI is InChI=1S/C16H21N3O4S3/c1-12-7-9-19(10-8-12)26(22,23)15-6-4-3-5-14(15)25(20,21)18-16-17-13(2)11-24-16/h3-6,11-12H,7-10H2,1-2H3,(H,17,18). The molecule has 0 saturated carbocycles. The summed E-state index contributed by atoms with van der Waals surface area (Å²) in [6.07, 6.45) is 1.54. The van der Waals surface area contributed by atoms with Gasteiger partial charge in [0.2, 0.25) is 10.0 Å². The number of anilines is 1. The normalized spacial score (nSPS) is 17.3. The molecule has 0 unspecified atom stereocenters. The number of thiazole rings is 1. The molecule has 1 aromatic heterocycles.